The lowest BCUT2D eigenvalue weighted by Crippen LogP contribution is -2.01. The van der Waals surface area contributed by atoms with Gasteiger partial charge in [0.25, 0.3) is 0 Å². The van der Waals surface area contributed by atoms with Crippen LogP contribution in [-0.2, 0) is 7.05 Å². The zero-order valence-corrected chi connectivity index (χ0v) is 11.0. The minimum absolute atomic E-state index is 0.417. The molecule has 92 valence electrons. The summed E-state index contributed by atoms with van der Waals surface area (Å²) in [4.78, 5) is 4.22. The van der Waals surface area contributed by atoms with E-state index in [2.05, 4.69) is 20.3 Å². The van der Waals surface area contributed by atoms with Crippen molar-refractivity contribution in [1.29, 1.82) is 0 Å². The Morgan fingerprint density at radius 1 is 1.17 bits per heavy atom. The standard InChI is InChI=1S/C11H11ClN6/c1-6-4-8(17(3)16-6)11-15-14-10-5-9(12)13-7(2)18(10)11/h4-5H,1-3H3. The smallest absolute Gasteiger partial charge is 0.188 e. The molecule has 3 aromatic heterocycles. The van der Waals surface area contributed by atoms with E-state index < -0.39 is 0 Å². The van der Waals surface area contributed by atoms with Crippen LogP contribution in [0.1, 0.15) is 11.5 Å². The fourth-order valence-electron chi connectivity index (χ4n) is 2.04. The van der Waals surface area contributed by atoms with Gasteiger partial charge in [-0.15, -0.1) is 10.2 Å². The molecule has 0 spiro atoms. The number of hydrogen-bond donors (Lipinski definition) is 0. The van der Waals surface area contributed by atoms with Gasteiger partial charge in [-0.3, -0.25) is 9.08 Å². The quantitative estimate of drug-likeness (QED) is 0.628. The first-order valence-corrected chi connectivity index (χ1v) is 5.83. The second kappa shape index (κ2) is 3.78. The predicted molar refractivity (Wildman–Crippen MR) is 67.5 cm³/mol. The molecule has 6 nitrogen and oxygen atoms in total. The molecule has 0 N–H and O–H groups in total. The maximum Gasteiger partial charge on any atom is 0.188 e. The van der Waals surface area contributed by atoms with Crippen LogP contribution in [0.2, 0.25) is 5.15 Å². The highest BCUT2D eigenvalue weighted by molar-refractivity contribution is 6.29. The van der Waals surface area contributed by atoms with Crippen LogP contribution in [0, 0.1) is 13.8 Å². The van der Waals surface area contributed by atoms with Crippen LogP contribution in [0.3, 0.4) is 0 Å². The number of halogens is 1. The molecule has 3 heterocycles. The first-order valence-electron chi connectivity index (χ1n) is 5.45. The fraction of sp³-hybridized carbons (Fsp3) is 0.273. The van der Waals surface area contributed by atoms with Gasteiger partial charge in [-0.1, -0.05) is 11.6 Å². The molecule has 0 atom stereocenters. The summed E-state index contributed by atoms with van der Waals surface area (Å²) in [7, 11) is 1.88. The third-order valence-corrected chi connectivity index (χ3v) is 2.95. The van der Waals surface area contributed by atoms with Gasteiger partial charge in [0.15, 0.2) is 11.5 Å². The number of rotatable bonds is 1. The largest absolute Gasteiger partial charge is 0.264 e. The van der Waals surface area contributed by atoms with Gasteiger partial charge in [-0.05, 0) is 19.9 Å². The van der Waals surface area contributed by atoms with Crippen molar-refractivity contribution >= 4 is 17.2 Å². The van der Waals surface area contributed by atoms with E-state index >= 15 is 0 Å². The van der Waals surface area contributed by atoms with Crippen molar-refractivity contribution in [3.63, 3.8) is 0 Å². The van der Waals surface area contributed by atoms with Crippen molar-refractivity contribution in [3.8, 4) is 11.5 Å². The number of hydrogen-bond acceptors (Lipinski definition) is 4. The average Bonchev–Trinajstić information content (AvgIpc) is 2.81. The molecule has 0 aliphatic rings. The Labute approximate surface area is 108 Å². The highest BCUT2D eigenvalue weighted by Crippen LogP contribution is 2.21. The molecule has 18 heavy (non-hydrogen) atoms. The highest BCUT2D eigenvalue weighted by Gasteiger charge is 2.15. The molecule has 3 aromatic rings. The summed E-state index contributed by atoms with van der Waals surface area (Å²) in [5, 5.41) is 13.0. The van der Waals surface area contributed by atoms with Gasteiger partial charge < -0.3 is 0 Å². The van der Waals surface area contributed by atoms with Crippen molar-refractivity contribution in [3.05, 3.63) is 28.8 Å². The van der Waals surface area contributed by atoms with Crippen molar-refractivity contribution in [1.82, 2.24) is 29.4 Å². The van der Waals surface area contributed by atoms with Crippen molar-refractivity contribution < 1.29 is 0 Å². The molecule has 0 fully saturated rings. The molecular weight excluding hydrogens is 252 g/mol. The lowest BCUT2D eigenvalue weighted by atomic mass is 10.3. The summed E-state index contributed by atoms with van der Waals surface area (Å²) in [5.74, 6) is 1.46. The van der Waals surface area contributed by atoms with Crippen LogP contribution < -0.4 is 0 Å². The van der Waals surface area contributed by atoms with Gasteiger partial charge in [0.1, 0.15) is 16.7 Å². The Balaban J connectivity index is 2.34. The van der Waals surface area contributed by atoms with Crippen molar-refractivity contribution in [2.24, 2.45) is 7.05 Å². The summed E-state index contributed by atoms with van der Waals surface area (Å²) >= 11 is 5.90. The Morgan fingerprint density at radius 3 is 2.61 bits per heavy atom. The zero-order chi connectivity index (χ0) is 12.9. The molecule has 0 aliphatic carbocycles. The third kappa shape index (κ3) is 1.57. The van der Waals surface area contributed by atoms with E-state index in [0.717, 1.165) is 23.0 Å². The van der Waals surface area contributed by atoms with Gasteiger partial charge in [-0.25, -0.2) is 4.98 Å². The molecule has 0 unspecified atom stereocenters. The summed E-state index contributed by atoms with van der Waals surface area (Å²) in [6, 6.07) is 3.65. The SMILES string of the molecule is Cc1cc(-c2nnc3cc(Cl)nc(C)n23)n(C)n1. The van der Waals surface area contributed by atoms with Crippen molar-refractivity contribution in [2.75, 3.05) is 0 Å². The van der Waals surface area contributed by atoms with E-state index in [4.69, 9.17) is 11.6 Å². The molecule has 0 amide bonds. The van der Waals surface area contributed by atoms with E-state index in [9.17, 15) is 0 Å². The van der Waals surface area contributed by atoms with E-state index in [1.165, 1.54) is 0 Å². The number of fused-ring (bicyclic) bond motifs is 1. The summed E-state index contributed by atoms with van der Waals surface area (Å²) in [6.07, 6.45) is 0. The lowest BCUT2D eigenvalue weighted by Gasteiger charge is -2.03. The predicted octanol–water partition coefficient (Wildman–Crippen LogP) is 1.80. The maximum absolute atomic E-state index is 5.90. The van der Waals surface area contributed by atoms with Crippen LogP contribution >= 0.6 is 11.6 Å². The first-order chi connectivity index (χ1) is 8.56. The lowest BCUT2D eigenvalue weighted by molar-refractivity contribution is 0.756. The van der Waals surface area contributed by atoms with Crippen LogP contribution in [0.5, 0.6) is 0 Å². The molecule has 7 heteroatoms. The fourth-order valence-corrected chi connectivity index (χ4v) is 2.26. The van der Waals surface area contributed by atoms with Crippen LogP contribution in [-0.4, -0.2) is 29.4 Å². The molecule has 0 aromatic carbocycles. The minimum atomic E-state index is 0.417. The summed E-state index contributed by atoms with van der Waals surface area (Å²) < 4.78 is 3.64. The Kier molecular flexibility index (Phi) is 2.34. The number of nitrogens with zero attached hydrogens (tertiary/aromatic N) is 6. The molecule has 0 radical (unpaired) electrons. The second-order valence-electron chi connectivity index (χ2n) is 4.14. The molecule has 3 rings (SSSR count). The zero-order valence-electron chi connectivity index (χ0n) is 10.2. The molecule has 0 aliphatic heterocycles. The number of aryl methyl sites for hydroxylation is 3. The second-order valence-corrected chi connectivity index (χ2v) is 4.53. The third-order valence-electron chi connectivity index (χ3n) is 2.76. The van der Waals surface area contributed by atoms with Crippen molar-refractivity contribution in [2.45, 2.75) is 13.8 Å². The monoisotopic (exact) mass is 262 g/mol. The minimum Gasteiger partial charge on any atom is -0.264 e. The summed E-state index contributed by atoms with van der Waals surface area (Å²) in [5.41, 5.74) is 2.51. The van der Waals surface area contributed by atoms with E-state index in [0.29, 0.717) is 10.8 Å². The van der Waals surface area contributed by atoms with Gasteiger partial charge in [0.2, 0.25) is 0 Å². The Morgan fingerprint density at radius 2 is 1.94 bits per heavy atom. The topological polar surface area (TPSA) is 60.9 Å². The number of aromatic nitrogens is 6. The van der Waals surface area contributed by atoms with Crippen LogP contribution in [0.25, 0.3) is 17.2 Å². The summed E-state index contributed by atoms with van der Waals surface area (Å²) in [6.45, 7) is 3.81. The van der Waals surface area contributed by atoms with E-state index in [-0.39, 0.29) is 0 Å². The first kappa shape index (κ1) is 11.2. The Bertz CT molecular complexity index is 741. The molecule has 0 saturated heterocycles. The Hall–Kier alpha value is -1.95. The van der Waals surface area contributed by atoms with Gasteiger partial charge in [0.05, 0.1) is 5.69 Å². The molecular formula is C11H11ClN6. The van der Waals surface area contributed by atoms with Crippen LogP contribution in [0.4, 0.5) is 0 Å². The van der Waals surface area contributed by atoms with Crippen LogP contribution in [0.15, 0.2) is 12.1 Å². The van der Waals surface area contributed by atoms with Gasteiger partial charge in [-0.2, -0.15) is 5.10 Å². The maximum atomic E-state index is 5.90. The average molecular weight is 263 g/mol. The van der Waals surface area contributed by atoms with E-state index in [1.54, 1.807) is 10.7 Å². The van der Waals surface area contributed by atoms with Gasteiger partial charge >= 0.3 is 0 Å². The highest BCUT2D eigenvalue weighted by atomic mass is 35.5. The molecule has 0 saturated carbocycles. The van der Waals surface area contributed by atoms with Gasteiger partial charge in [0, 0.05) is 13.1 Å². The normalized spacial score (nSPS) is 11.3. The molecule has 0 bridgehead atoms. The van der Waals surface area contributed by atoms with E-state index in [1.807, 2.05) is 31.4 Å².